The number of methoxy groups -OCH3 is 2. The number of hydrogen-bond donors (Lipinski definition) is 1. The summed E-state index contributed by atoms with van der Waals surface area (Å²) in [5.41, 5.74) is -0.297. The van der Waals surface area contributed by atoms with Gasteiger partial charge in [0.1, 0.15) is 5.56 Å². The molecule has 1 heterocycles. The minimum Gasteiger partial charge on any atom is -0.493 e. The fourth-order valence-corrected chi connectivity index (χ4v) is 3.32. The first-order chi connectivity index (χ1) is 9.91. The van der Waals surface area contributed by atoms with Gasteiger partial charge in [-0.2, -0.15) is 0 Å². The zero-order valence-corrected chi connectivity index (χ0v) is 12.3. The van der Waals surface area contributed by atoms with Gasteiger partial charge in [-0.05, 0) is 12.5 Å². The van der Waals surface area contributed by atoms with Crippen LogP contribution in [0, 0.1) is 0 Å². The van der Waals surface area contributed by atoms with E-state index in [4.69, 9.17) is 14.3 Å². The lowest BCUT2D eigenvalue weighted by molar-refractivity contribution is -0.0284. The maximum Gasteiger partial charge on any atom is 0.339 e. The van der Waals surface area contributed by atoms with Gasteiger partial charge in [-0.25, -0.2) is 13.2 Å². The average Bonchev–Trinajstić information content (AvgIpc) is 3.00. The molecule has 1 aliphatic heterocycles. The molecule has 0 radical (unpaired) electrons. The van der Waals surface area contributed by atoms with Gasteiger partial charge in [0, 0.05) is 12.6 Å². The largest absolute Gasteiger partial charge is 0.493 e. The second-order valence-corrected chi connectivity index (χ2v) is 6.06. The Bertz CT molecular complexity index is 650. The highest BCUT2D eigenvalue weighted by molar-refractivity contribution is 7.89. The molecule has 0 aromatic heterocycles. The third-order valence-corrected chi connectivity index (χ3v) is 4.62. The number of hydroxylamine groups is 1. The smallest absolute Gasteiger partial charge is 0.339 e. The zero-order valence-electron chi connectivity index (χ0n) is 11.5. The van der Waals surface area contributed by atoms with Crippen molar-refractivity contribution in [2.45, 2.75) is 11.3 Å². The number of aromatic carboxylic acids is 1. The number of hydrogen-bond acceptors (Lipinski definition) is 6. The van der Waals surface area contributed by atoms with E-state index < -0.39 is 16.0 Å². The molecule has 0 saturated carbocycles. The summed E-state index contributed by atoms with van der Waals surface area (Å²) in [6.45, 7) is 0.525. The minimum absolute atomic E-state index is 0.0233. The molecule has 1 aromatic rings. The number of benzene rings is 1. The van der Waals surface area contributed by atoms with Crippen LogP contribution in [-0.2, 0) is 14.9 Å². The van der Waals surface area contributed by atoms with Crippen LogP contribution in [0.15, 0.2) is 17.0 Å². The van der Waals surface area contributed by atoms with Crippen LogP contribution in [0.5, 0.6) is 11.5 Å². The van der Waals surface area contributed by atoms with Crippen molar-refractivity contribution in [1.82, 2.24) is 4.47 Å². The predicted molar refractivity (Wildman–Crippen MR) is 71.0 cm³/mol. The van der Waals surface area contributed by atoms with Gasteiger partial charge < -0.3 is 14.6 Å². The van der Waals surface area contributed by atoms with Crippen molar-refractivity contribution < 1.29 is 32.6 Å². The molecule has 0 aliphatic carbocycles. The molecule has 2 rings (SSSR count). The number of carbonyl (C=O) groups is 1. The SMILES string of the molecule is COc1cc(S(=O)(=O)N2CCCO2)cc(C(=O)O)c1OC. The Labute approximate surface area is 121 Å². The molecule has 1 fully saturated rings. The molecular formula is C12H15NO7S. The van der Waals surface area contributed by atoms with Crippen LogP contribution < -0.4 is 9.47 Å². The molecule has 1 aliphatic rings. The standard InChI is InChI=1S/C12H15NO7S/c1-18-10-7-8(6-9(12(14)15)11(10)19-2)21(16,17)13-4-3-5-20-13/h6-7H,3-5H2,1-2H3,(H,14,15). The normalized spacial score (nSPS) is 15.9. The van der Waals surface area contributed by atoms with Gasteiger partial charge in [0.25, 0.3) is 10.0 Å². The summed E-state index contributed by atoms with van der Waals surface area (Å²) >= 11 is 0. The molecule has 9 heteroatoms. The third kappa shape index (κ3) is 2.80. The fourth-order valence-electron chi connectivity index (χ4n) is 1.98. The van der Waals surface area contributed by atoms with Crippen molar-refractivity contribution in [2.75, 3.05) is 27.4 Å². The van der Waals surface area contributed by atoms with Gasteiger partial charge in [0.05, 0.1) is 25.7 Å². The molecule has 1 saturated heterocycles. The summed E-state index contributed by atoms with van der Waals surface area (Å²) in [5.74, 6) is -1.33. The molecular weight excluding hydrogens is 302 g/mol. The van der Waals surface area contributed by atoms with Gasteiger partial charge in [0.2, 0.25) is 0 Å². The first kappa shape index (κ1) is 15.5. The Hall–Kier alpha value is -1.84. The van der Waals surface area contributed by atoms with Crippen molar-refractivity contribution in [1.29, 1.82) is 0 Å². The lowest BCUT2D eigenvalue weighted by Crippen LogP contribution is -2.27. The summed E-state index contributed by atoms with van der Waals surface area (Å²) in [5, 5.41) is 9.20. The second kappa shape index (κ2) is 5.88. The second-order valence-electron chi connectivity index (χ2n) is 4.23. The summed E-state index contributed by atoms with van der Waals surface area (Å²) in [4.78, 5) is 16.1. The molecule has 0 spiro atoms. The van der Waals surface area contributed by atoms with E-state index in [2.05, 4.69) is 0 Å². The van der Waals surface area contributed by atoms with Crippen LogP contribution in [0.1, 0.15) is 16.8 Å². The molecule has 0 atom stereocenters. The van der Waals surface area contributed by atoms with Gasteiger partial charge in [0.15, 0.2) is 11.5 Å². The Balaban J connectivity index is 2.59. The highest BCUT2D eigenvalue weighted by Crippen LogP contribution is 2.35. The molecule has 8 nitrogen and oxygen atoms in total. The molecule has 21 heavy (non-hydrogen) atoms. The topological polar surface area (TPSA) is 102 Å². The van der Waals surface area contributed by atoms with Gasteiger partial charge >= 0.3 is 5.97 Å². The maximum atomic E-state index is 12.4. The zero-order chi connectivity index (χ0) is 15.6. The Kier molecular flexibility index (Phi) is 4.35. The number of nitrogens with zero attached hydrogens (tertiary/aromatic N) is 1. The third-order valence-electron chi connectivity index (χ3n) is 2.97. The van der Waals surface area contributed by atoms with Crippen molar-refractivity contribution in [3.63, 3.8) is 0 Å². The average molecular weight is 317 g/mol. The highest BCUT2D eigenvalue weighted by atomic mass is 32.2. The Morgan fingerprint density at radius 3 is 2.52 bits per heavy atom. The van der Waals surface area contributed by atoms with E-state index in [9.17, 15) is 18.3 Å². The van der Waals surface area contributed by atoms with E-state index in [1.807, 2.05) is 0 Å². The van der Waals surface area contributed by atoms with Crippen LogP contribution in [-0.4, -0.2) is 51.3 Å². The van der Waals surface area contributed by atoms with Crippen LogP contribution in [0.3, 0.4) is 0 Å². The fraction of sp³-hybridized carbons (Fsp3) is 0.417. The lowest BCUT2D eigenvalue weighted by atomic mass is 10.2. The quantitative estimate of drug-likeness (QED) is 0.854. The summed E-state index contributed by atoms with van der Waals surface area (Å²) in [6.07, 6.45) is 0.582. The number of carboxylic acids is 1. The highest BCUT2D eigenvalue weighted by Gasteiger charge is 2.31. The molecule has 0 amide bonds. The molecule has 1 N–H and O–H groups in total. The lowest BCUT2D eigenvalue weighted by Gasteiger charge is -2.17. The van der Waals surface area contributed by atoms with E-state index in [0.717, 1.165) is 10.5 Å². The van der Waals surface area contributed by atoms with Crippen molar-refractivity contribution in [2.24, 2.45) is 0 Å². The maximum absolute atomic E-state index is 12.4. The van der Waals surface area contributed by atoms with E-state index in [-0.39, 0.29) is 28.5 Å². The molecule has 1 aromatic carbocycles. The molecule has 0 bridgehead atoms. The van der Waals surface area contributed by atoms with E-state index in [0.29, 0.717) is 13.0 Å². The first-order valence-corrected chi connectivity index (χ1v) is 7.50. The van der Waals surface area contributed by atoms with E-state index in [1.54, 1.807) is 0 Å². The number of sulfonamides is 1. The Morgan fingerprint density at radius 2 is 2.05 bits per heavy atom. The van der Waals surface area contributed by atoms with E-state index >= 15 is 0 Å². The minimum atomic E-state index is -3.94. The number of rotatable bonds is 5. The van der Waals surface area contributed by atoms with E-state index in [1.165, 1.54) is 20.3 Å². The number of ether oxygens (including phenoxy) is 2. The van der Waals surface area contributed by atoms with Gasteiger partial charge in [-0.15, -0.1) is 0 Å². The van der Waals surface area contributed by atoms with Crippen LogP contribution in [0.2, 0.25) is 0 Å². The summed E-state index contributed by atoms with van der Waals surface area (Å²) < 4.78 is 35.6. The number of carboxylic acid groups (broad SMARTS) is 1. The summed E-state index contributed by atoms with van der Waals surface area (Å²) in [7, 11) is -1.36. The predicted octanol–water partition coefficient (Wildman–Crippen LogP) is 0.728. The van der Waals surface area contributed by atoms with Crippen LogP contribution in [0.4, 0.5) is 0 Å². The van der Waals surface area contributed by atoms with Crippen molar-refractivity contribution in [3.8, 4) is 11.5 Å². The van der Waals surface area contributed by atoms with Gasteiger partial charge in [-0.3, -0.25) is 4.84 Å². The monoisotopic (exact) mass is 317 g/mol. The van der Waals surface area contributed by atoms with Crippen molar-refractivity contribution >= 4 is 16.0 Å². The van der Waals surface area contributed by atoms with Crippen LogP contribution in [0.25, 0.3) is 0 Å². The molecule has 116 valence electrons. The van der Waals surface area contributed by atoms with Gasteiger partial charge in [-0.1, -0.05) is 4.47 Å². The Morgan fingerprint density at radius 1 is 1.33 bits per heavy atom. The molecule has 0 unspecified atom stereocenters. The van der Waals surface area contributed by atoms with Crippen LogP contribution >= 0.6 is 0 Å². The first-order valence-electron chi connectivity index (χ1n) is 6.06. The van der Waals surface area contributed by atoms with Crippen molar-refractivity contribution in [3.05, 3.63) is 17.7 Å². The summed E-state index contributed by atoms with van der Waals surface area (Å²) in [6, 6.07) is 2.24.